The SMILES string of the molecule is NCc1coc(-c2c(N)ncnc2Nc2ccc(OCc3ccccn3)c(Cl)c2)n1. The van der Waals surface area contributed by atoms with Crippen molar-refractivity contribution in [3.8, 4) is 17.2 Å². The van der Waals surface area contributed by atoms with Crippen LogP contribution in [0.5, 0.6) is 5.75 Å². The van der Waals surface area contributed by atoms with Gasteiger partial charge in [0.2, 0.25) is 5.89 Å². The monoisotopic (exact) mass is 423 g/mol. The zero-order valence-electron chi connectivity index (χ0n) is 15.7. The van der Waals surface area contributed by atoms with E-state index < -0.39 is 0 Å². The standard InChI is InChI=1S/C20H18ClN7O2/c21-15-7-12(4-5-16(15)29-9-13-3-1-2-6-24-13)27-19-17(18(23)25-11-26-19)20-28-14(8-22)10-30-20/h1-7,10-11H,8-9,22H2,(H3,23,25,26,27). The van der Waals surface area contributed by atoms with Crippen molar-refractivity contribution >= 4 is 28.9 Å². The molecular formula is C20H18ClN7O2. The van der Waals surface area contributed by atoms with Gasteiger partial charge in [-0.3, -0.25) is 4.98 Å². The molecule has 0 bridgehead atoms. The normalized spacial score (nSPS) is 10.7. The van der Waals surface area contributed by atoms with Crippen LogP contribution in [0.15, 0.2) is 59.6 Å². The highest BCUT2D eigenvalue weighted by molar-refractivity contribution is 6.32. The van der Waals surface area contributed by atoms with Crippen LogP contribution in [0.2, 0.25) is 5.02 Å². The van der Waals surface area contributed by atoms with E-state index >= 15 is 0 Å². The minimum Gasteiger partial charge on any atom is -0.486 e. The van der Waals surface area contributed by atoms with Crippen LogP contribution >= 0.6 is 11.6 Å². The summed E-state index contributed by atoms with van der Waals surface area (Å²) in [5.41, 5.74) is 14.1. The Morgan fingerprint density at radius 1 is 1.10 bits per heavy atom. The summed E-state index contributed by atoms with van der Waals surface area (Å²) in [7, 11) is 0. The Morgan fingerprint density at radius 3 is 2.73 bits per heavy atom. The average Bonchev–Trinajstić information content (AvgIpc) is 3.23. The van der Waals surface area contributed by atoms with Gasteiger partial charge in [-0.15, -0.1) is 0 Å². The van der Waals surface area contributed by atoms with Gasteiger partial charge in [0.15, 0.2) is 0 Å². The fourth-order valence-corrected chi connectivity index (χ4v) is 2.92. The molecule has 3 heterocycles. The summed E-state index contributed by atoms with van der Waals surface area (Å²) >= 11 is 6.38. The molecule has 4 aromatic rings. The lowest BCUT2D eigenvalue weighted by Gasteiger charge is -2.12. The predicted octanol–water partition coefficient (Wildman–Crippen LogP) is 3.54. The second kappa shape index (κ2) is 8.76. The molecule has 9 nitrogen and oxygen atoms in total. The summed E-state index contributed by atoms with van der Waals surface area (Å²) in [5, 5.41) is 3.60. The molecule has 0 aliphatic rings. The summed E-state index contributed by atoms with van der Waals surface area (Å²) in [5.74, 6) is 1.46. The lowest BCUT2D eigenvalue weighted by molar-refractivity contribution is 0.301. The highest BCUT2D eigenvalue weighted by atomic mass is 35.5. The number of nitrogen functional groups attached to an aromatic ring is 1. The molecule has 0 spiro atoms. The van der Waals surface area contributed by atoms with Gasteiger partial charge in [0, 0.05) is 18.4 Å². The zero-order chi connectivity index (χ0) is 20.9. The maximum Gasteiger partial charge on any atom is 0.233 e. The number of oxazole rings is 1. The first kappa shape index (κ1) is 19.6. The van der Waals surface area contributed by atoms with Gasteiger partial charge in [-0.1, -0.05) is 17.7 Å². The second-order valence-electron chi connectivity index (χ2n) is 6.21. The largest absolute Gasteiger partial charge is 0.486 e. The average molecular weight is 424 g/mol. The lowest BCUT2D eigenvalue weighted by atomic mass is 10.2. The van der Waals surface area contributed by atoms with E-state index in [1.807, 2.05) is 24.3 Å². The molecule has 0 atom stereocenters. The summed E-state index contributed by atoms with van der Waals surface area (Å²) in [6.45, 7) is 0.559. The summed E-state index contributed by atoms with van der Waals surface area (Å²) < 4.78 is 11.2. The third-order valence-corrected chi connectivity index (χ3v) is 4.44. The molecule has 1 aromatic carbocycles. The van der Waals surface area contributed by atoms with Crippen molar-refractivity contribution in [1.82, 2.24) is 19.9 Å². The van der Waals surface area contributed by atoms with Crippen molar-refractivity contribution in [1.29, 1.82) is 0 Å². The van der Waals surface area contributed by atoms with Gasteiger partial charge in [0.05, 0.1) is 16.4 Å². The van der Waals surface area contributed by atoms with Crippen LogP contribution in [0, 0.1) is 0 Å². The fraction of sp³-hybridized carbons (Fsp3) is 0.100. The van der Waals surface area contributed by atoms with Crippen molar-refractivity contribution in [3.63, 3.8) is 0 Å². The highest BCUT2D eigenvalue weighted by Gasteiger charge is 2.18. The maximum absolute atomic E-state index is 6.38. The van der Waals surface area contributed by atoms with E-state index in [0.29, 0.717) is 40.1 Å². The molecule has 3 aromatic heterocycles. The molecule has 0 amide bonds. The smallest absolute Gasteiger partial charge is 0.233 e. The first-order valence-electron chi connectivity index (χ1n) is 8.98. The number of anilines is 3. The van der Waals surface area contributed by atoms with Gasteiger partial charge in [-0.25, -0.2) is 15.0 Å². The molecule has 0 aliphatic heterocycles. The number of nitrogens with two attached hydrogens (primary N) is 2. The molecule has 152 valence electrons. The highest BCUT2D eigenvalue weighted by Crippen LogP contribution is 2.34. The Labute approximate surface area is 177 Å². The van der Waals surface area contributed by atoms with E-state index in [1.54, 1.807) is 18.3 Å². The lowest BCUT2D eigenvalue weighted by Crippen LogP contribution is -2.03. The van der Waals surface area contributed by atoms with Crippen LogP contribution in [0.4, 0.5) is 17.3 Å². The zero-order valence-corrected chi connectivity index (χ0v) is 16.5. The maximum atomic E-state index is 6.38. The quantitative estimate of drug-likeness (QED) is 0.407. The summed E-state index contributed by atoms with van der Waals surface area (Å²) in [6.07, 6.45) is 4.53. The van der Waals surface area contributed by atoms with Crippen molar-refractivity contribution in [2.75, 3.05) is 11.1 Å². The summed E-state index contributed by atoms with van der Waals surface area (Å²) in [6, 6.07) is 10.9. The number of pyridine rings is 1. The number of nitrogens with one attached hydrogen (secondary N) is 1. The van der Waals surface area contributed by atoms with E-state index in [9.17, 15) is 0 Å². The van der Waals surface area contributed by atoms with Gasteiger partial charge in [0.25, 0.3) is 0 Å². The van der Waals surface area contributed by atoms with E-state index in [2.05, 4.69) is 25.3 Å². The summed E-state index contributed by atoms with van der Waals surface area (Å²) in [4.78, 5) is 16.8. The van der Waals surface area contributed by atoms with Crippen LogP contribution in [-0.4, -0.2) is 19.9 Å². The Kier molecular flexibility index (Phi) is 5.73. The number of aromatic nitrogens is 4. The van der Waals surface area contributed by atoms with E-state index in [-0.39, 0.29) is 18.3 Å². The number of nitrogens with zero attached hydrogens (tertiary/aromatic N) is 4. The molecule has 0 saturated heterocycles. The predicted molar refractivity (Wildman–Crippen MR) is 113 cm³/mol. The molecule has 30 heavy (non-hydrogen) atoms. The molecule has 0 fully saturated rings. The molecule has 4 rings (SSSR count). The molecule has 5 N–H and O–H groups in total. The number of benzene rings is 1. The minimum absolute atomic E-state index is 0.222. The topological polar surface area (TPSA) is 138 Å². The number of hydrogen-bond acceptors (Lipinski definition) is 9. The van der Waals surface area contributed by atoms with Crippen LogP contribution in [0.1, 0.15) is 11.4 Å². The molecular weight excluding hydrogens is 406 g/mol. The molecule has 0 aliphatic carbocycles. The third-order valence-electron chi connectivity index (χ3n) is 4.15. The van der Waals surface area contributed by atoms with Gasteiger partial charge in [-0.05, 0) is 30.3 Å². The van der Waals surface area contributed by atoms with E-state index in [1.165, 1.54) is 12.6 Å². The van der Waals surface area contributed by atoms with Gasteiger partial charge in [0.1, 0.15) is 42.1 Å². The number of ether oxygens (including phenoxy) is 1. The van der Waals surface area contributed by atoms with Crippen LogP contribution in [0.25, 0.3) is 11.5 Å². The van der Waals surface area contributed by atoms with Crippen LogP contribution < -0.4 is 21.5 Å². The van der Waals surface area contributed by atoms with Gasteiger partial charge in [-0.2, -0.15) is 0 Å². The molecule has 0 unspecified atom stereocenters. The van der Waals surface area contributed by atoms with Crippen LogP contribution in [-0.2, 0) is 13.2 Å². The Morgan fingerprint density at radius 2 is 2.00 bits per heavy atom. The number of halogens is 1. The molecule has 0 radical (unpaired) electrons. The first-order chi connectivity index (χ1) is 14.6. The molecule has 10 heteroatoms. The van der Waals surface area contributed by atoms with E-state index in [4.69, 9.17) is 32.2 Å². The van der Waals surface area contributed by atoms with Crippen molar-refractivity contribution in [3.05, 3.63) is 71.6 Å². The third kappa shape index (κ3) is 4.32. The Bertz CT molecular complexity index is 1150. The van der Waals surface area contributed by atoms with Crippen molar-refractivity contribution in [2.45, 2.75) is 13.2 Å². The second-order valence-corrected chi connectivity index (χ2v) is 6.62. The first-order valence-corrected chi connectivity index (χ1v) is 9.36. The fourth-order valence-electron chi connectivity index (χ4n) is 2.69. The van der Waals surface area contributed by atoms with Crippen molar-refractivity contribution < 1.29 is 9.15 Å². The Hall–Kier alpha value is -3.69. The minimum atomic E-state index is 0.222. The van der Waals surface area contributed by atoms with Crippen molar-refractivity contribution in [2.24, 2.45) is 5.73 Å². The van der Waals surface area contributed by atoms with Gasteiger partial charge < -0.3 is 25.9 Å². The van der Waals surface area contributed by atoms with Gasteiger partial charge >= 0.3 is 0 Å². The van der Waals surface area contributed by atoms with E-state index in [0.717, 1.165) is 5.69 Å². The molecule has 0 saturated carbocycles. The number of rotatable bonds is 7. The Balaban J connectivity index is 1.55. The number of hydrogen-bond donors (Lipinski definition) is 3. The van der Waals surface area contributed by atoms with Crippen LogP contribution in [0.3, 0.4) is 0 Å².